The van der Waals surface area contributed by atoms with Crippen molar-refractivity contribution in [3.63, 3.8) is 0 Å². The number of aryl methyl sites for hydroxylation is 1. The molecule has 0 aromatic heterocycles. The highest BCUT2D eigenvalue weighted by molar-refractivity contribution is 6.25. The van der Waals surface area contributed by atoms with Crippen molar-refractivity contribution in [2.24, 2.45) is 29.1 Å². The van der Waals surface area contributed by atoms with E-state index in [1.54, 1.807) is 18.2 Å². The molecule has 3 fully saturated rings. The summed E-state index contributed by atoms with van der Waals surface area (Å²) in [7, 11) is 0. The van der Waals surface area contributed by atoms with Crippen LogP contribution in [0.4, 0.5) is 11.4 Å². The molecule has 4 aromatic carbocycles. The van der Waals surface area contributed by atoms with Gasteiger partial charge in [0.15, 0.2) is 0 Å². The Labute approximate surface area is 267 Å². The van der Waals surface area contributed by atoms with Crippen molar-refractivity contribution in [2.45, 2.75) is 39.0 Å². The van der Waals surface area contributed by atoms with Crippen LogP contribution in [0.3, 0.4) is 0 Å². The van der Waals surface area contributed by atoms with Crippen molar-refractivity contribution < 1.29 is 24.3 Å². The van der Waals surface area contributed by atoms with Gasteiger partial charge in [0, 0.05) is 11.3 Å². The molecule has 4 aliphatic rings. The molecule has 7 nitrogen and oxygen atoms in total. The van der Waals surface area contributed by atoms with Gasteiger partial charge in [-0.15, -0.1) is 0 Å². The van der Waals surface area contributed by atoms with Crippen LogP contribution < -0.4 is 9.80 Å². The van der Waals surface area contributed by atoms with Crippen LogP contribution in [0.5, 0.6) is 5.75 Å². The van der Waals surface area contributed by atoms with Crippen LogP contribution in [0.2, 0.25) is 0 Å². The molecule has 0 spiro atoms. The number of phenolic OH excluding ortho intramolecular Hbond substituents is 1. The Balaban J connectivity index is 1.30. The second kappa shape index (κ2) is 10.2. The van der Waals surface area contributed by atoms with Crippen molar-refractivity contribution in [1.29, 1.82) is 0 Å². The Morgan fingerprint density at radius 1 is 0.739 bits per heavy atom. The average molecular weight is 611 g/mol. The minimum absolute atomic E-state index is 0.132. The zero-order chi connectivity index (χ0) is 31.9. The molecule has 2 saturated heterocycles. The molecule has 6 atom stereocenters. The van der Waals surface area contributed by atoms with Crippen LogP contribution in [0, 0.1) is 29.1 Å². The van der Waals surface area contributed by atoms with Crippen LogP contribution in [0.25, 0.3) is 10.8 Å². The molecule has 1 saturated carbocycles. The van der Waals surface area contributed by atoms with Gasteiger partial charge in [-0.1, -0.05) is 79.2 Å². The zero-order valence-electron chi connectivity index (χ0n) is 25.7. The van der Waals surface area contributed by atoms with E-state index in [4.69, 9.17) is 0 Å². The maximum atomic E-state index is 14.7. The van der Waals surface area contributed by atoms with E-state index in [0.717, 1.165) is 28.5 Å². The lowest BCUT2D eigenvalue weighted by molar-refractivity contribution is -0.131. The van der Waals surface area contributed by atoms with E-state index in [1.807, 2.05) is 79.7 Å². The van der Waals surface area contributed by atoms with Crippen molar-refractivity contribution in [3.8, 4) is 5.75 Å². The van der Waals surface area contributed by atoms with Crippen LogP contribution in [0.1, 0.15) is 43.7 Å². The van der Waals surface area contributed by atoms with Gasteiger partial charge in [-0.2, -0.15) is 0 Å². The van der Waals surface area contributed by atoms with E-state index >= 15 is 0 Å². The average Bonchev–Trinajstić information content (AvgIpc) is 3.45. The normalized spacial score (nSPS) is 28.7. The molecule has 4 amide bonds. The first-order valence-corrected chi connectivity index (χ1v) is 16.1. The third-order valence-corrected chi connectivity index (χ3v) is 11.1. The van der Waals surface area contributed by atoms with Crippen molar-refractivity contribution in [2.75, 3.05) is 9.80 Å². The highest BCUT2D eigenvalue weighted by Crippen LogP contribution is 2.64. The third-order valence-electron chi connectivity index (χ3n) is 11.1. The summed E-state index contributed by atoms with van der Waals surface area (Å²) in [6, 6.07) is 27.6. The number of rotatable bonds is 4. The first kappa shape index (κ1) is 28.4. The summed E-state index contributed by atoms with van der Waals surface area (Å²) in [5.74, 6) is -3.72. The minimum Gasteiger partial charge on any atom is -0.507 e. The molecule has 46 heavy (non-hydrogen) atoms. The Bertz CT molecular complexity index is 1980. The topological polar surface area (TPSA) is 95.0 Å². The van der Waals surface area contributed by atoms with Gasteiger partial charge >= 0.3 is 0 Å². The first-order chi connectivity index (χ1) is 22.3. The molecule has 7 heteroatoms. The number of allylic oxidation sites excluding steroid dienone is 2. The Hall–Kier alpha value is -5.04. The molecule has 230 valence electrons. The van der Waals surface area contributed by atoms with Gasteiger partial charge in [0.1, 0.15) is 5.75 Å². The first-order valence-electron chi connectivity index (χ1n) is 16.1. The van der Waals surface area contributed by atoms with Crippen molar-refractivity contribution in [1.82, 2.24) is 0 Å². The van der Waals surface area contributed by atoms with Crippen LogP contribution in [-0.2, 0) is 25.6 Å². The highest BCUT2D eigenvalue weighted by atomic mass is 16.3. The largest absolute Gasteiger partial charge is 0.507 e. The number of hydrogen-bond donors (Lipinski definition) is 1. The third kappa shape index (κ3) is 3.77. The lowest BCUT2D eigenvalue weighted by atomic mass is 9.51. The number of benzene rings is 4. The summed E-state index contributed by atoms with van der Waals surface area (Å²) in [6.45, 7) is 3.95. The SMILES string of the molecule is CCc1ccc(N2C(=O)C3CC=C4C(CC5C(=O)N(c6ccccc6)C(=O)C5(C)C4c4ccc(O)c5ccccc45)C3C2=O)cc1. The molecule has 6 unspecified atom stereocenters. The fourth-order valence-corrected chi connectivity index (χ4v) is 8.88. The number of imide groups is 2. The maximum absolute atomic E-state index is 14.7. The number of carbonyl (C=O) groups excluding carboxylic acids is 4. The number of fused-ring (bicyclic) bond motifs is 5. The van der Waals surface area contributed by atoms with E-state index in [-0.39, 0.29) is 29.4 Å². The van der Waals surface area contributed by atoms with E-state index < -0.39 is 35.0 Å². The Morgan fingerprint density at radius 2 is 1.41 bits per heavy atom. The second-order valence-electron chi connectivity index (χ2n) is 13.2. The predicted octanol–water partition coefficient (Wildman–Crippen LogP) is 6.54. The number of aromatic hydroxyl groups is 1. The smallest absolute Gasteiger partial charge is 0.241 e. The number of para-hydroxylation sites is 1. The van der Waals surface area contributed by atoms with Gasteiger partial charge in [-0.25, -0.2) is 4.90 Å². The van der Waals surface area contributed by atoms with Crippen molar-refractivity contribution in [3.05, 3.63) is 114 Å². The van der Waals surface area contributed by atoms with Crippen LogP contribution in [0.15, 0.2) is 103 Å². The number of phenols is 1. The van der Waals surface area contributed by atoms with Gasteiger partial charge in [0.25, 0.3) is 0 Å². The van der Waals surface area contributed by atoms with Gasteiger partial charge in [0.05, 0.1) is 34.5 Å². The molecular weight excluding hydrogens is 576 g/mol. The maximum Gasteiger partial charge on any atom is 0.241 e. The van der Waals surface area contributed by atoms with E-state index in [1.165, 1.54) is 9.80 Å². The van der Waals surface area contributed by atoms with Gasteiger partial charge in [-0.3, -0.25) is 24.1 Å². The predicted molar refractivity (Wildman–Crippen MR) is 175 cm³/mol. The number of hydrogen-bond acceptors (Lipinski definition) is 5. The van der Waals surface area contributed by atoms with E-state index in [2.05, 4.69) is 13.0 Å². The summed E-state index contributed by atoms with van der Waals surface area (Å²) in [5, 5.41) is 12.2. The van der Waals surface area contributed by atoms with Gasteiger partial charge < -0.3 is 5.11 Å². The Morgan fingerprint density at radius 3 is 2.13 bits per heavy atom. The monoisotopic (exact) mass is 610 g/mol. The summed E-state index contributed by atoms with van der Waals surface area (Å²) in [5.41, 5.74) is 2.81. The summed E-state index contributed by atoms with van der Waals surface area (Å²) in [6.07, 6.45) is 3.59. The molecule has 1 N–H and O–H groups in total. The minimum atomic E-state index is -1.15. The molecule has 0 radical (unpaired) electrons. The van der Waals surface area contributed by atoms with Crippen molar-refractivity contribution >= 4 is 45.8 Å². The number of anilines is 2. The summed E-state index contributed by atoms with van der Waals surface area (Å²) in [4.78, 5) is 60.0. The lowest BCUT2D eigenvalue weighted by Crippen LogP contribution is -2.49. The second-order valence-corrected chi connectivity index (χ2v) is 13.2. The quantitative estimate of drug-likeness (QED) is 0.209. The number of amides is 4. The summed E-state index contributed by atoms with van der Waals surface area (Å²) < 4.78 is 0. The molecule has 2 heterocycles. The zero-order valence-corrected chi connectivity index (χ0v) is 25.7. The fraction of sp³-hybridized carbons (Fsp3) is 0.282. The molecule has 2 aliphatic heterocycles. The molecule has 8 rings (SSSR count). The molecular formula is C39H34N2O5. The number of carbonyl (C=O) groups is 4. The van der Waals surface area contributed by atoms with E-state index in [9.17, 15) is 24.3 Å². The molecule has 2 aliphatic carbocycles. The molecule has 4 aromatic rings. The van der Waals surface area contributed by atoms with Crippen LogP contribution in [-0.4, -0.2) is 28.7 Å². The van der Waals surface area contributed by atoms with Crippen LogP contribution >= 0.6 is 0 Å². The standard InChI is InChI=1S/C39H34N2O5/c1-3-22-13-15-24(16-14-22)40-35(43)29-18-17-28-30(33(29)37(40)45)21-31-36(44)41(23-9-5-4-6-10-23)38(46)39(31,2)34(28)27-19-20-32(42)26-12-8-7-11-25(26)27/h4-17,19-20,29-31,33-34,42H,3,18,21H2,1-2H3. The number of nitrogens with zero attached hydrogens (tertiary/aromatic N) is 2. The highest BCUT2D eigenvalue weighted by Gasteiger charge is 2.67. The van der Waals surface area contributed by atoms with Gasteiger partial charge in [0.2, 0.25) is 23.6 Å². The van der Waals surface area contributed by atoms with E-state index in [0.29, 0.717) is 29.6 Å². The molecule has 0 bridgehead atoms. The fourth-order valence-electron chi connectivity index (χ4n) is 8.88. The lowest BCUT2D eigenvalue weighted by Gasteiger charge is -2.49. The summed E-state index contributed by atoms with van der Waals surface area (Å²) >= 11 is 0. The van der Waals surface area contributed by atoms with Gasteiger partial charge in [-0.05, 0) is 78.9 Å². The Kier molecular flexibility index (Phi) is 6.33.